The molecule has 1 heterocycles. The van der Waals surface area contributed by atoms with E-state index in [-0.39, 0.29) is 11.2 Å². The number of benzene rings is 1. The minimum Gasteiger partial charge on any atom is -0.376 e. The average molecular weight is 276 g/mol. The highest BCUT2D eigenvalue weighted by Gasteiger charge is 2.46. The molecule has 110 valence electrons. The topological polar surface area (TPSA) is 27.7 Å². The molecule has 1 aromatic rings. The summed E-state index contributed by atoms with van der Waals surface area (Å²) in [6, 6.07) is 10.3. The van der Waals surface area contributed by atoms with Crippen molar-refractivity contribution in [3.8, 4) is 0 Å². The third kappa shape index (κ3) is 3.22. The fourth-order valence-electron chi connectivity index (χ4n) is 3.47. The minimum atomic E-state index is -0.316. The van der Waals surface area contributed by atoms with Gasteiger partial charge in [-0.15, -0.1) is 0 Å². The summed E-state index contributed by atoms with van der Waals surface area (Å²) < 4.78 is 17.7. The first kappa shape index (κ1) is 14.1. The number of hydrogen-bond donors (Lipinski definition) is 0. The molecule has 0 bridgehead atoms. The van der Waals surface area contributed by atoms with Gasteiger partial charge in [0.1, 0.15) is 0 Å². The molecule has 0 radical (unpaired) electrons. The molecular formula is C17H24O3. The number of hydrogen-bond acceptors (Lipinski definition) is 3. The molecule has 1 unspecified atom stereocenters. The predicted octanol–water partition coefficient (Wildman–Crippen LogP) is 3.53. The van der Waals surface area contributed by atoms with E-state index in [0.29, 0.717) is 6.61 Å². The highest BCUT2D eigenvalue weighted by atomic mass is 16.7. The minimum absolute atomic E-state index is 0.164. The van der Waals surface area contributed by atoms with Crippen molar-refractivity contribution in [2.24, 2.45) is 5.41 Å². The van der Waals surface area contributed by atoms with Crippen LogP contribution in [0.3, 0.4) is 0 Å². The quantitative estimate of drug-likeness (QED) is 0.842. The lowest BCUT2D eigenvalue weighted by Gasteiger charge is -2.42. The summed E-state index contributed by atoms with van der Waals surface area (Å²) in [5.41, 5.74) is 1.40. The molecule has 3 rings (SSSR count). The van der Waals surface area contributed by atoms with Gasteiger partial charge in [0.2, 0.25) is 0 Å². The van der Waals surface area contributed by atoms with Crippen molar-refractivity contribution in [1.29, 1.82) is 0 Å². The normalized spacial score (nSPS) is 28.9. The Hall–Kier alpha value is -0.900. The molecule has 0 N–H and O–H groups in total. The van der Waals surface area contributed by atoms with Crippen molar-refractivity contribution in [3.63, 3.8) is 0 Å². The van der Waals surface area contributed by atoms with Crippen molar-refractivity contribution in [3.05, 3.63) is 35.9 Å². The van der Waals surface area contributed by atoms with Crippen LogP contribution in [0.25, 0.3) is 0 Å². The second-order valence-electron chi connectivity index (χ2n) is 6.43. The lowest BCUT2D eigenvalue weighted by molar-refractivity contribution is -0.206. The maximum absolute atomic E-state index is 5.95. The Balaban J connectivity index is 1.53. The molecule has 3 heteroatoms. The van der Waals surface area contributed by atoms with Crippen molar-refractivity contribution in [2.75, 3.05) is 19.8 Å². The molecule has 1 saturated heterocycles. The molecule has 2 fully saturated rings. The summed E-state index contributed by atoms with van der Waals surface area (Å²) in [5, 5.41) is 0. The molecule has 0 aromatic heterocycles. The van der Waals surface area contributed by atoms with Gasteiger partial charge >= 0.3 is 0 Å². The van der Waals surface area contributed by atoms with Crippen LogP contribution < -0.4 is 0 Å². The first-order valence-electron chi connectivity index (χ1n) is 7.59. The SMILES string of the molecule is CC1(COCc2ccccc2)CCCC2(C1)OCCO2. The van der Waals surface area contributed by atoms with Gasteiger partial charge in [-0.2, -0.15) is 0 Å². The van der Waals surface area contributed by atoms with Crippen LogP contribution in [0.1, 0.15) is 38.2 Å². The van der Waals surface area contributed by atoms with Gasteiger partial charge in [0.25, 0.3) is 0 Å². The smallest absolute Gasteiger partial charge is 0.169 e. The number of ether oxygens (including phenoxy) is 3. The molecule has 0 amide bonds. The van der Waals surface area contributed by atoms with Crippen LogP contribution in [-0.2, 0) is 20.8 Å². The Morgan fingerprint density at radius 1 is 1.10 bits per heavy atom. The monoisotopic (exact) mass is 276 g/mol. The summed E-state index contributed by atoms with van der Waals surface area (Å²) in [7, 11) is 0. The summed E-state index contributed by atoms with van der Waals surface area (Å²) >= 11 is 0. The Bertz CT molecular complexity index is 425. The maximum Gasteiger partial charge on any atom is 0.169 e. The lowest BCUT2D eigenvalue weighted by atomic mass is 9.73. The van der Waals surface area contributed by atoms with E-state index in [0.717, 1.165) is 39.1 Å². The Morgan fingerprint density at radius 2 is 1.85 bits per heavy atom. The molecule has 1 aliphatic heterocycles. The summed E-state index contributed by atoms with van der Waals surface area (Å²) in [5.74, 6) is -0.316. The number of rotatable bonds is 4. The summed E-state index contributed by atoms with van der Waals surface area (Å²) in [4.78, 5) is 0. The molecule has 3 nitrogen and oxygen atoms in total. The van der Waals surface area contributed by atoms with E-state index >= 15 is 0 Å². The zero-order valence-electron chi connectivity index (χ0n) is 12.3. The maximum atomic E-state index is 5.95. The van der Waals surface area contributed by atoms with Gasteiger partial charge in [0.15, 0.2) is 5.79 Å². The highest BCUT2D eigenvalue weighted by molar-refractivity contribution is 5.13. The lowest BCUT2D eigenvalue weighted by Crippen LogP contribution is -2.43. The van der Waals surface area contributed by atoms with E-state index in [1.165, 1.54) is 12.0 Å². The highest BCUT2D eigenvalue weighted by Crippen LogP contribution is 2.45. The van der Waals surface area contributed by atoms with E-state index in [9.17, 15) is 0 Å². The molecule has 20 heavy (non-hydrogen) atoms. The molecule has 1 atom stereocenters. The van der Waals surface area contributed by atoms with Crippen LogP contribution in [0.15, 0.2) is 30.3 Å². The van der Waals surface area contributed by atoms with Crippen molar-refractivity contribution < 1.29 is 14.2 Å². The van der Waals surface area contributed by atoms with Crippen LogP contribution in [0.4, 0.5) is 0 Å². The second-order valence-corrected chi connectivity index (χ2v) is 6.43. The van der Waals surface area contributed by atoms with Crippen LogP contribution in [0.5, 0.6) is 0 Å². The largest absolute Gasteiger partial charge is 0.376 e. The molecule has 2 aliphatic rings. The van der Waals surface area contributed by atoms with Gasteiger partial charge in [0, 0.05) is 12.8 Å². The Labute approximate surface area is 121 Å². The van der Waals surface area contributed by atoms with Crippen LogP contribution in [0.2, 0.25) is 0 Å². The van der Waals surface area contributed by atoms with Crippen LogP contribution in [-0.4, -0.2) is 25.6 Å². The van der Waals surface area contributed by atoms with Crippen molar-refractivity contribution in [1.82, 2.24) is 0 Å². The molecule has 1 aliphatic carbocycles. The molecule has 1 aromatic carbocycles. The van der Waals surface area contributed by atoms with Crippen molar-refractivity contribution in [2.45, 2.75) is 45.0 Å². The van der Waals surface area contributed by atoms with Gasteiger partial charge < -0.3 is 14.2 Å². The van der Waals surface area contributed by atoms with Gasteiger partial charge in [-0.3, -0.25) is 0 Å². The summed E-state index contributed by atoms with van der Waals surface area (Å²) in [6.07, 6.45) is 4.33. The van der Waals surface area contributed by atoms with Gasteiger partial charge in [-0.25, -0.2) is 0 Å². The zero-order chi connectivity index (χ0) is 13.9. The van der Waals surface area contributed by atoms with Gasteiger partial charge in [0.05, 0.1) is 26.4 Å². The van der Waals surface area contributed by atoms with Crippen LogP contribution >= 0.6 is 0 Å². The van der Waals surface area contributed by atoms with E-state index in [1.54, 1.807) is 0 Å². The second kappa shape index (κ2) is 5.84. The standard InChI is InChI=1S/C17H24O3/c1-16(14-18-12-15-6-3-2-4-7-15)8-5-9-17(13-16)19-10-11-20-17/h2-4,6-7H,5,8-14H2,1H3. The van der Waals surface area contributed by atoms with Gasteiger partial charge in [-0.1, -0.05) is 37.3 Å². The predicted molar refractivity (Wildman–Crippen MR) is 77.3 cm³/mol. The summed E-state index contributed by atoms with van der Waals surface area (Å²) in [6.45, 7) is 5.23. The van der Waals surface area contributed by atoms with E-state index < -0.39 is 0 Å². The molecular weight excluding hydrogens is 252 g/mol. The Morgan fingerprint density at radius 3 is 2.60 bits per heavy atom. The molecule has 1 spiro atoms. The van der Waals surface area contributed by atoms with Crippen LogP contribution in [0, 0.1) is 5.41 Å². The zero-order valence-corrected chi connectivity index (χ0v) is 12.3. The molecule has 1 saturated carbocycles. The first-order chi connectivity index (χ1) is 9.70. The third-order valence-corrected chi connectivity index (χ3v) is 4.41. The fraction of sp³-hybridized carbons (Fsp3) is 0.647. The first-order valence-corrected chi connectivity index (χ1v) is 7.59. The fourth-order valence-corrected chi connectivity index (χ4v) is 3.47. The van der Waals surface area contributed by atoms with Crippen molar-refractivity contribution >= 4 is 0 Å². The van der Waals surface area contributed by atoms with Gasteiger partial charge in [-0.05, 0) is 23.8 Å². The Kier molecular flexibility index (Phi) is 4.11. The average Bonchev–Trinajstić information content (AvgIpc) is 2.87. The van der Waals surface area contributed by atoms with E-state index in [4.69, 9.17) is 14.2 Å². The van der Waals surface area contributed by atoms with E-state index in [1.807, 2.05) is 6.07 Å². The van der Waals surface area contributed by atoms with E-state index in [2.05, 4.69) is 31.2 Å². The third-order valence-electron chi connectivity index (χ3n) is 4.41.